The van der Waals surface area contributed by atoms with Crippen molar-refractivity contribution in [1.29, 1.82) is 0 Å². The number of amides is 2. The van der Waals surface area contributed by atoms with Crippen molar-refractivity contribution >= 4 is 11.8 Å². The molecule has 2 aromatic heterocycles. The second-order valence-electron chi connectivity index (χ2n) is 19.2. The predicted octanol–water partition coefficient (Wildman–Crippen LogP) is 13.6. The van der Waals surface area contributed by atoms with Crippen LogP contribution in [0, 0.1) is 5.82 Å². The summed E-state index contributed by atoms with van der Waals surface area (Å²) in [6, 6.07) is 35.4. The molecule has 2 unspecified atom stereocenters. The highest BCUT2D eigenvalue weighted by Gasteiger charge is 2.21. The number of halogens is 1. The lowest BCUT2D eigenvalue weighted by Gasteiger charge is -2.31. The lowest BCUT2D eigenvalue weighted by Crippen LogP contribution is -2.39. The van der Waals surface area contributed by atoms with E-state index in [9.17, 15) is 14.0 Å². The summed E-state index contributed by atoms with van der Waals surface area (Å²) in [6.07, 6.45) is 27.1. The van der Waals surface area contributed by atoms with E-state index in [4.69, 9.17) is 0 Å². The van der Waals surface area contributed by atoms with Gasteiger partial charge >= 0.3 is 0 Å². The van der Waals surface area contributed by atoms with Crippen LogP contribution in [0.25, 0.3) is 5.69 Å². The summed E-state index contributed by atoms with van der Waals surface area (Å²) >= 11 is 0. The minimum Gasteiger partial charge on any atom is -0.351 e. The zero-order valence-corrected chi connectivity index (χ0v) is 45.4. The Morgan fingerprint density at radius 1 is 0.548 bits per heavy atom. The van der Waals surface area contributed by atoms with Crippen LogP contribution in [-0.2, 0) is 12.8 Å². The number of carbonyl (C=O) groups is 2. The second kappa shape index (κ2) is 36.1. The fraction of sp³-hybridized carbons (Fsp3) is 0.484. The Labute approximate surface area is 439 Å². The molecule has 0 aliphatic rings. The van der Waals surface area contributed by atoms with Gasteiger partial charge in [0.25, 0.3) is 11.8 Å². The van der Waals surface area contributed by atoms with Crippen LogP contribution in [0.3, 0.4) is 0 Å². The zero-order valence-electron chi connectivity index (χ0n) is 45.4. The van der Waals surface area contributed by atoms with E-state index in [2.05, 4.69) is 103 Å². The number of benzene rings is 4. The molecule has 2 heterocycles. The van der Waals surface area contributed by atoms with E-state index < -0.39 is 0 Å². The Bertz CT molecular complexity index is 2240. The predicted molar refractivity (Wildman–Crippen MR) is 301 cm³/mol. The molecule has 10 nitrogen and oxygen atoms in total. The van der Waals surface area contributed by atoms with Crippen LogP contribution in [0.1, 0.15) is 150 Å². The molecule has 1 N–H and O–H groups in total. The smallest absolute Gasteiger partial charge is 0.253 e. The normalized spacial score (nSPS) is 11.8. The first kappa shape index (κ1) is 59.7. The first-order chi connectivity index (χ1) is 35.7. The summed E-state index contributed by atoms with van der Waals surface area (Å²) in [5.74, 6) is -0.225. The van der Waals surface area contributed by atoms with E-state index in [1.165, 1.54) is 87.5 Å². The number of unbranched alkanes of at least 4 members (excludes halogenated alkanes) is 8. The molecule has 73 heavy (non-hydrogen) atoms. The lowest BCUT2D eigenvalue weighted by molar-refractivity contribution is 0.0729. The highest BCUT2D eigenvalue weighted by Crippen LogP contribution is 2.17. The van der Waals surface area contributed by atoms with Gasteiger partial charge in [0.05, 0.1) is 12.7 Å². The third-order valence-corrected chi connectivity index (χ3v) is 13.8. The molecule has 0 radical (unpaired) electrons. The Hall–Kier alpha value is -5.91. The molecule has 0 bridgehead atoms. The van der Waals surface area contributed by atoms with Gasteiger partial charge < -0.3 is 29.2 Å². The number of carbonyl (C=O) groups excluding carboxylic acids is 2. The Balaban J connectivity index is 0.000000290. The standard InChI is InChI=1S/C31H44N4O.C28H41FN2O.C3H4N2/c1-4-6-7-8-12-22-33(5-2)27(3)19-23-34(24-20-28-13-10-9-11-14-28)31(36)29-15-17-30(18-16-29)35-25-21-32-26-35;1-4-6-7-8-12-21-30(5-2)24(3)19-22-31(23-20-25-13-10-9-11-14-25)28(32)26-15-17-27(29)18-16-26;1-2-5-3-4-1/h9-11,13-18,21,25-27H,4-8,12,19-20,22-24H2,1-3H3;9-11,13-18,24H,4-8,12,19-23H2,1-3H3;1-3H,(H,4,5). The van der Waals surface area contributed by atoms with Crippen molar-refractivity contribution in [3.8, 4) is 5.69 Å². The Morgan fingerprint density at radius 2 is 1.01 bits per heavy atom. The van der Waals surface area contributed by atoms with Gasteiger partial charge in [0.2, 0.25) is 0 Å². The van der Waals surface area contributed by atoms with Crippen molar-refractivity contribution in [1.82, 2.24) is 39.1 Å². The minimum absolute atomic E-state index is 0.0178. The molecule has 6 rings (SSSR count). The molecular formula is C62H89FN8O2. The van der Waals surface area contributed by atoms with Crippen LogP contribution in [0.5, 0.6) is 0 Å². The van der Waals surface area contributed by atoms with Gasteiger partial charge in [0, 0.05) is 79.9 Å². The van der Waals surface area contributed by atoms with Crippen molar-refractivity contribution in [3.63, 3.8) is 0 Å². The fourth-order valence-corrected chi connectivity index (χ4v) is 9.08. The van der Waals surface area contributed by atoms with Gasteiger partial charge in [-0.15, -0.1) is 0 Å². The molecule has 0 aliphatic carbocycles. The van der Waals surface area contributed by atoms with Crippen LogP contribution in [0.2, 0.25) is 0 Å². The number of hydrogen-bond donors (Lipinski definition) is 1. The summed E-state index contributed by atoms with van der Waals surface area (Å²) < 4.78 is 15.3. The molecule has 6 aromatic rings. The molecule has 0 spiro atoms. The fourth-order valence-electron chi connectivity index (χ4n) is 9.08. The second-order valence-corrected chi connectivity index (χ2v) is 19.2. The lowest BCUT2D eigenvalue weighted by atomic mass is 10.1. The Morgan fingerprint density at radius 3 is 1.40 bits per heavy atom. The summed E-state index contributed by atoms with van der Waals surface area (Å²) in [5, 5.41) is 0. The van der Waals surface area contributed by atoms with Gasteiger partial charge in [-0.25, -0.2) is 14.4 Å². The summed E-state index contributed by atoms with van der Waals surface area (Å²) in [7, 11) is 0. The van der Waals surface area contributed by atoms with Crippen molar-refractivity contribution in [2.24, 2.45) is 0 Å². The molecule has 396 valence electrons. The van der Waals surface area contributed by atoms with Crippen molar-refractivity contribution in [3.05, 3.63) is 175 Å². The summed E-state index contributed by atoms with van der Waals surface area (Å²) in [4.78, 5) is 46.4. The maximum Gasteiger partial charge on any atom is 0.253 e. The molecule has 11 heteroatoms. The van der Waals surface area contributed by atoms with E-state index in [0.29, 0.717) is 30.7 Å². The molecule has 0 saturated carbocycles. The highest BCUT2D eigenvalue weighted by molar-refractivity contribution is 5.95. The number of nitrogens with zero attached hydrogens (tertiary/aromatic N) is 7. The first-order valence-corrected chi connectivity index (χ1v) is 27.6. The van der Waals surface area contributed by atoms with Crippen molar-refractivity contribution in [2.75, 3.05) is 52.4 Å². The van der Waals surface area contributed by atoms with E-state index in [1.54, 1.807) is 43.4 Å². The molecule has 2 amide bonds. The number of imidazole rings is 2. The summed E-state index contributed by atoms with van der Waals surface area (Å²) in [5.41, 5.74) is 4.78. The Kier molecular flexibility index (Phi) is 29.5. The highest BCUT2D eigenvalue weighted by atomic mass is 19.1. The first-order valence-electron chi connectivity index (χ1n) is 27.6. The molecule has 0 aliphatic heterocycles. The minimum atomic E-state index is -0.316. The molecule has 4 aromatic carbocycles. The van der Waals surface area contributed by atoms with Crippen LogP contribution >= 0.6 is 0 Å². The van der Waals surface area contributed by atoms with Crippen LogP contribution in [-0.4, -0.2) is 115 Å². The monoisotopic (exact) mass is 997 g/mol. The third-order valence-electron chi connectivity index (χ3n) is 13.8. The van der Waals surface area contributed by atoms with Gasteiger partial charge in [0.15, 0.2) is 0 Å². The van der Waals surface area contributed by atoms with Crippen LogP contribution in [0.15, 0.2) is 147 Å². The van der Waals surface area contributed by atoms with Gasteiger partial charge in [-0.1, -0.05) is 140 Å². The number of H-pyrrole nitrogens is 1. The largest absolute Gasteiger partial charge is 0.351 e. The van der Waals surface area contributed by atoms with E-state index in [0.717, 1.165) is 76.2 Å². The van der Waals surface area contributed by atoms with Gasteiger partial charge in [-0.2, -0.15) is 0 Å². The average Bonchev–Trinajstić information content (AvgIpc) is 4.21. The summed E-state index contributed by atoms with van der Waals surface area (Å²) in [6.45, 7) is 20.8. The van der Waals surface area contributed by atoms with Gasteiger partial charge in [-0.3, -0.25) is 9.59 Å². The average molecular weight is 997 g/mol. The molecule has 0 saturated heterocycles. The van der Waals surface area contributed by atoms with Crippen LogP contribution in [0.4, 0.5) is 4.39 Å². The zero-order chi connectivity index (χ0) is 52.3. The van der Waals surface area contributed by atoms with Crippen molar-refractivity contribution < 1.29 is 14.0 Å². The van der Waals surface area contributed by atoms with Gasteiger partial charge in [-0.05, 0) is 138 Å². The van der Waals surface area contributed by atoms with Crippen LogP contribution < -0.4 is 0 Å². The number of nitrogens with one attached hydrogen (secondary N) is 1. The van der Waals surface area contributed by atoms with Gasteiger partial charge in [0.1, 0.15) is 5.82 Å². The number of hydrogen-bond acceptors (Lipinski definition) is 6. The number of aromatic amines is 1. The quantitative estimate of drug-likeness (QED) is 0.0436. The van der Waals surface area contributed by atoms with E-state index in [-0.39, 0.29) is 17.6 Å². The van der Waals surface area contributed by atoms with E-state index >= 15 is 0 Å². The number of aromatic nitrogens is 4. The molecular weight excluding hydrogens is 908 g/mol. The molecule has 0 fully saturated rings. The maximum atomic E-state index is 13.6. The van der Waals surface area contributed by atoms with E-state index in [1.807, 2.05) is 69.1 Å². The third kappa shape index (κ3) is 23.2. The topological polar surface area (TPSA) is 93.6 Å². The maximum absolute atomic E-state index is 13.6. The SMILES string of the molecule is CCCCCCCN(CC)C(C)CCN(CCc1ccccc1)C(=O)c1ccc(-n2ccnc2)cc1.CCCCCCCN(CC)C(C)CCN(CCc1ccccc1)C(=O)c1ccc(F)cc1.c1c[nH]cn1. The van der Waals surface area contributed by atoms with Crippen molar-refractivity contribution in [2.45, 2.75) is 144 Å². The number of rotatable bonds is 31. The molecule has 2 atom stereocenters.